The normalized spacial score (nSPS) is 18.4. The molecule has 0 radical (unpaired) electrons. The molecule has 22 heavy (non-hydrogen) atoms. The van der Waals surface area contributed by atoms with E-state index in [4.69, 9.17) is 9.47 Å². The Bertz CT molecular complexity index is 635. The molecule has 1 fully saturated rings. The molecule has 0 bridgehead atoms. The van der Waals surface area contributed by atoms with Gasteiger partial charge in [-0.1, -0.05) is 70.0 Å². The number of benzene rings is 2. The average molecular weight is 426 g/mol. The van der Waals surface area contributed by atoms with E-state index in [0.29, 0.717) is 0 Å². The standard InChI is InChI=1S/C18H18Br2O2/c1-18(2)10-21-17(22-11-18)13-5-3-12(4-6-13)14-7-15(19)9-16(20)8-14/h3-9,17H,10-11H2,1-2H3. The molecule has 2 nitrogen and oxygen atoms in total. The third-order valence-electron chi connectivity index (χ3n) is 3.63. The Morgan fingerprint density at radius 1 is 0.864 bits per heavy atom. The van der Waals surface area contributed by atoms with Gasteiger partial charge in [0.1, 0.15) is 0 Å². The first-order chi connectivity index (χ1) is 10.4. The number of halogens is 2. The number of ether oxygens (including phenoxy) is 2. The van der Waals surface area contributed by atoms with Gasteiger partial charge in [0.25, 0.3) is 0 Å². The Hall–Kier alpha value is -0.680. The molecule has 2 aromatic carbocycles. The maximum Gasteiger partial charge on any atom is 0.183 e. The van der Waals surface area contributed by atoms with Crippen LogP contribution in [0.4, 0.5) is 0 Å². The van der Waals surface area contributed by atoms with Gasteiger partial charge in [-0.15, -0.1) is 0 Å². The van der Waals surface area contributed by atoms with Crippen molar-refractivity contribution in [3.63, 3.8) is 0 Å². The first-order valence-electron chi connectivity index (χ1n) is 7.23. The fourth-order valence-corrected chi connectivity index (χ4v) is 3.73. The van der Waals surface area contributed by atoms with Crippen LogP contribution in [0.3, 0.4) is 0 Å². The van der Waals surface area contributed by atoms with Gasteiger partial charge in [0.2, 0.25) is 0 Å². The molecule has 0 unspecified atom stereocenters. The van der Waals surface area contributed by atoms with Crippen molar-refractivity contribution < 1.29 is 9.47 Å². The molecular formula is C18H18Br2O2. The van der Waals surface area contributed by atoms with Gasteiger partial charge in [-0.05, 0) is 29.3 Å². The van der Waals surface area contributed by atoms with Crippen molar-refractivity contribution in [2.24, 2.45) is 5.41 Å². The second kappa shape index (κ2) is 6.44. The summed E-state index contributed by atoms with van der Waals surface area (Å²) >= 11 is 7.06. The molecule has 1 aliphatic rings. The van der Waals surface area contributed by atoms with Crippen LogP contribution in [0.2, 0.25) is 0 Å². The molecule has 0 aliphatic carbocycles. The molecule has 2 aromatic rings. The number of hydrogen-bond donors (Lipinski definition) is 0. The van der Waals surface area contributed by atoms with E-state index in [-0.39, 0.29) is 11.7 Å². The zero-order chi connectivity index (χ0) is 15.7. The summed E-state index contributed by atoms with van der Waals surface area (Å²) in [6.45, 7) is 5.74. The highest BCUT2D eigenvalue weighted by molar-refractivity contribution is 9.11. The quantitative estimate of drug-likeness (QED) is 0.591. The van der Waals surface area contributed by atoms with E-state index in [1.165, 1.54) is 11.1 Å². The maximum absolute atomic E-state index is 5.83. The Labute approximate surface area is 148 Å². The van der Waals surface area contributed by atoms with Gasteiger partial charge in [0.05, 0.1) is 13.2 Å². The highest BCUT2D eigenvalue weighted by atomic mass is 79.9. The first-order valence-corrected chi connectivity index (χ1v) is 8.81. The Kier molecular flexibility index (Phi) is 4.74. The molecule has 0 saturated carbocycles. The van der Waals surface area contributed by atoms with Gasteiger partial charge < -0.3 is 9.47 Å². The van der Waals surface area contributed by atoms with Crippen molar-refractivity contribution in [3.8, 4) is 11.1 Å². The summed E-state index contributed by atoms with van der Waals surface area (Å²) in [5.74, 6) is 0. The highest BCUT2D eigenvalue weighted by Gasteiger charge is 2.29. The number of rotatable bonds is 2. The molecule has 1 saturated heterocycles. The summed E-state index contributed by atoms with van der Waals surface area (Å²) < 4.78 is 13.8. The zero-order valence-electron chi connectivity index (χ0n) is 12.6. The fourth-order valence-electron chi connectivity index (χ4n) is 2.44. The highest BCUT2D eigenvalue weighted by Crippen LogP contribution is 2.33. The Morgan fingerprint density at radius 3 is 1.95 bits per heavy atom. The third-order valence-corrected chi connectivity index (χ3v) is 4.55. The molecule has 1 aliphatic heterocycles. The summed E-state index contributed by atoms with van der Waals surface area (Å²) in [5, 5.41) is 0. The van der Waals surface area contributed by atoms with Gasteiger partial charge in [0, 0.05) is 19.9 Å². The molecule has 3 rings (SSSR count). The van der Waals surface area contributed by atoms with Crippen molar-refractivity contribution in [2.45, 2.75) is 20.1 Å². The van der Waals surface area contributed by atoms with Crippen molar-refractivity contribution in [3.05, 3.63) is 57.0 Å². The summed E-state index contributed by atoms with van der Waals surface area (Å²) in [6.07, 6.45) is -0.253. The van der Waals surface area contributed by atoms with E-state index in [2.05, 4.69) is 82.1 Å². The lowest BCUT2D eigenvalue weighted by molar-refractivity contribution is -0.226. The molecule has 0 N–H and O–H groups in total. The Balaban J connectivity index is 1.78. The van der Waals surface area contributed by atoms with Crippen LogP contribution in [0.25, 0.3) is 11.1 Å². The van der Waals surface area contributed by atoms with Crippen molar-refractivity contribution >= 4 is 31.9 Å². The van der Waals surface area contributed by atoms with Crippen LogP contribution >= 0.6 is 31.9 Å². The Morgan fingerprint density at radius 2 is 1.41 bits per heavy atom. The molecule has 0 aromatic heterocycles. The summed E-state index contributed by atoms with van der Waals surface area (Å²) in [7, 11) is 0. The van der Waals surface area contributed by atoms with Crippen LogP contribution in [-0.4, -0.2) is 13.2 Å². The van der Waals surface area contributed by atoms with Crippen LogP contribution in [0.1, 0.15) is 25.7 Å². The van der Waals surface area contributed by atoms with Gasteiger partial charge >= 0.3 is 0 Å². The fraction of sp³-hybridized carbons (Fsp3) is 0.333. The first kappa shape index (κ1) is 16.2. The van der Waals surface area contributed by atoms with Crippen LogP contribution in [-0.2, 0) is 9.47 Å². The molecule has 116 valence electrons. The smallest absolute Gasteiger partial charge is 0.183 e. The molecule has 1 heterocycles. The SMILES string of the molecule is CC1(C)COC(c2ccc(-c3cc(Br)cc(Br)c3)cc2)OC1. The van der Waals surface area contributed by atoms with Gasteiger partial charge in [-0.2, -0.15) is 0 Å². The number of hydrogen-bond acceptors (Lipinski definition) is 2. The second-order valence-electron chi connectivity index (χ2n) is 6.40. The lowest BCUT2D eigenvalue weighted by Gasteiger charge is -2.34. The average Bonchev–Trinajstić information content (AvgIpc) is 2.46. The molecule has 0 atom stereocenters. The minimum atomic E-state index is -0.253. The van der Waals surface area contributed by atoms with E-state index in [9.17, 15) is 0 Å². The van der Waals surface area contributed by atoms with E-state index in [0.717, 1.165) is 27.7 Å². The van der Waals surface area contributed by atoms with Crippen molar-refractivity contribution in [1.82, 2.24) is 0 Å². The summed E-state index contributed by atoms with van der Waals surface area (Å²) in [6, 6.07) is 14.6. The monoisotopic (exact) mass is 424 g/mol. The van der Waals surface area contributed by atoms with Gasteiger partial charge in [0.15, 0.2) is 6.29 Å². The molecular weight excluding hydrogens is 408 g/mol. The largest absolute Gasteiger partial charge is 0.348 e. The predicted molar refractivity (Wildman–Crippen MR) is 95.7 cm³/mol. The van der Waals surface area contributed by atoms with E-state index < -0.39 is 0 Å². The minimum Gasteiger partial charge on any atom is -0.348 e. The lowest BCUT2D eigenvalue weighted by atomic mass is 9.95. The molecule has 0 amide bonds. The molecule has 4 heteroatoms. The summed E-state index contributed by atoms with van der Waals surface area (Å²) in [4.78, 5) is 0. The van der Waals surface area contributed by atoms with Crippen molar-refractivity contribution in [2.75, 3.05) is 13.2 Å². The topological polar surface area (TPSA) is 18.5 Å². The summed E-state index contributed by atoms with van der Waals surface area (Å²) in [5.41, 5.74) is 3.49. The van der Waals surface area contributed by atoms with E-state index in [1.807, 2.05) is 6.07 Å². The lowest BCUT2D eigenvalue weighted by Crippen LogP contribution is -2.33. The van der Waals surface area contributed by atoms with Crippen LogP contribution in [0, 0.1) is 5.41 Å². The van der Waals surface area contributed by atoms with Crippen LogP contribution < -0.4 is 0 Å². The van der Waals surface area contributed by atoms with Crippen molar-refractivity contribution in [1.29, 1.82) is 0 Å². The van der Waals surface area contributed by atoms with Crippen LogP contribution in [0.5, 0.6) is 0 Å². The zero-order valence-corrected chi connectivity index (χ0v) is 15.8. The minimum absolute atomic E-state index is 0.0963. The molecule has 0 spiro atoms. The van der Waals surface area contributed by atoms with Gasteiger partial charge in [-0.25, -0.2) is 0 Å². The third kappa shape index (κ3) is 3.80. The maximum atomic E-state index is 5.83. The van der Waals surface area contributed by atoms with E-state index >= 15 is 0 Å². The second-order valence-corrected chi connectivity index (χ2v) is 8.23. The van der Waals surface area contributed by atoms with Crippen LogP contribution in [0.15, 0.2) is 51.4 Å². The van der Waals surface area contributed by atoms with E-state index in [1.54, 1.807) is 0 Å². The van der Waals surface area contributed by atoms with Gasteiger partial charge in [-0.3, -0.25) is 0 Å². The predicted octanol–water partition coefficient (Wildman–Crippen LogP) is 5.95.